The Morgan fingerprint density at radius 1 is 1.42 bits per heavy atom. The fraction of sp³-hybridized carbons (Fsp3) is 0.300. The molecule has 0 N–H and O–H groups in total. The number of carbonyl (C=O) groups excluding carboxylic acids is 1. The van der Waals surface area contributed by atoms with Gasteiger partial charge in [-0.1, -0.05) is 18.5 Å². The van der Waals surface area contributed by atoms with Crippen molar-refractivity contribution >= 4 is 55.5 Å². The number of carbonyl (C=O) groups is 1. The number of ketones is 1. The van der Waals surface area contributed by atoms with Crippen LogP contribution in [0.3, 0.4) is 0 Å². The number of nitrogens with zero attached hydrogens (tertiary/aromatic N) is 1. The summed E-state index contributed by atoms with van der Waals surface area (Å²) in [6.07, 6.45) is 0. The Balaban J connectivity index is 3.17. The highest BCUT2D eigenvalue weighted by atomic mass is 127. The number of hydrogen-bond acceptors (Lipinski definition) is 5. The third-order valence-electron chi connectivity index (χ3n) is 2.38. The van der Waals surface area contributed by atoms with E-state index in [1.807, 2.05) is 0 Å². The van der Waals surface area contributed by atoms with Gasteiger partial charge in [-0.3, -0.25) is 14.9 Å². The average molecular weight is 418 g/mol. The summed E-state index contributed by atoms with van der Waals surface area (Å²) in [5, 5.41) is 10.5. The summed E-state index contributed by atoms with van der Waals surface area (Å²) in [4.78, 5) is 21.9. The number of non-ortho nitro benzene ring substituents is 1. The minimum atomic E-state index is -3.80. The lowest BCUT2D eigenvalue weighted by Crippen LogP contribution is -2.36. The van der Waals surface area contributed by atoms with E-state index < -0.39 is 22.8 Å². The maximum absolute atomic E-state index is 12.1. The van der Waals surface area contributed by atoms with Crippen molar-refractivity contribution in [3.63, 3.8) is 0 Å². The number of nitro benzene ring substituents is 1. The fourth-order valence-corrected chi connectivity index (χ4v) is 3.67. The summed E-state index contributed by atoms with van der Waals surface area (Å²) in [6.45, 7) is 1.38. The van der Waals surface area contributed by atoms with E-state index in [9.17, 15) is 23.3 Å². The zero-order valence-corrected chi connectivity index (χ0v) is 13.4. The zero-order valence-electron chi connectivity index (χ0n) is 9.67. The molecule has 1 atom stereocenters. The van der Waals surface area contributed by atoms with E-state index in [2.05, 4.69) is 0 Å². The van der Waals surface area contributed by atoms with Crippen molar-refractivity contribution in [2.45, 2.75) is 9.14 Å². The van der Waals surface area contributed by atoms with Gasteiger partial charge >= 0.3 is 0 Å². The Morgan fingerprint density at radius 3 is 2.26 bits per heavy atom. The maximum atomic E-state index is 12.1. The van der Waals surface area contributed by atoms with Crippen molar-refractivity contribution in [3.8, 4) is 0 Å². The lowest BCUT2D eigenvalue weighted by atomic mass is 10.1. The minimum Gasteiger partial charge on any atom is -0.290 e. The molecule has 0 bridgehead atoms. The molecular formula is C10H9ClINO5S. The molecule has 0 aromatic heterocycles. The SMILES string of the molecule is CCS(=O)(=O)[C@@](Cl)(I)C(=O)c1ccc([N+](=O)[O-])cc1. The molecule has 9 heteroatoms. The molecule has 0 spiro atoms. The quantitative estimate of drug-likeness (QED) is 0.241. The largest absolute Gasteiger partial charge is 0.290 e. The molecule has 19 heavy (non-hydrogen) atoms. The second-order valence-electron chi connectivity index (χ2n) is 3.55. The minimum absolute atomic E-state index is 0.00650. The van der Waals surface area contributed by atoms with Gasteiger partial charge in [0.05, 0.1) is 10.7 Å². The summed E-state index contributed by atoms with van der Waals surface area (Å²) >= 11 is 7.19. The normalized spacial score (nSPS) is 14.7. The molecule has 0 unspecified atom stereocenters. The van der Waals surface area contributed by atoms with Crippen LogP contribution in [0.25, 0.3) is 0 Å². The van der Waals surface area contributed by atoms with Gasteiger partial charge < -0.3 is 0 Å². The van der Waals surface area contributed by atoms with Crippen LogP contribution in [-0.4, -0.2) is 27.1 Å². The maximum Gasteiger partial charge on any atom is 0.269 e. The van der Waals surface area contributed by atoms with Crippen LogP contribution in [0, 0.1) is 10.1 Å². The van der Waals surface area contributed by atoms with Gasteiger partial charge in [0.2, 0.25) is 5.78 Å². The molecule has 0 aliphatic carbocycles. The van der Waals surface area contributed by atoms with E-state index in [-0.39, 0.29) is 17.0 Å². The molecule has 0 amide bonds. The first kappa shape index (κ1) is 16.3. The number of Topliss-reactive ketones (excluding diaryl/α,β-unsaturated/α-hetero) is 1. The van der Waals surface area contributed by atoms with Crippen molar-refractivity contribution in [2.24, 2.45) is 0 Å². The highest BCUT2D eigenvalue weighted by Gasteiger charge is 2.45. The molecule has 1 aromatic carbocycles. The summed E-state index contributed by atoms with van der Waals surface area (Å²) in [5.41, 5.74) is -0.185. The number of hydrogen-bond donors (Lipinski definition) is 0. The van der Waals surface area contributed by atoms with Crippen LogP contribution in [0.15, 0.2) is 24.3 Å². The Bertz CT molecular complexity index is 611. The van der Waals surface area contributed by atoms with Crippen LogP contribution in [-0.2, 0) is 9.84 Å². The predicted molar refractivity (Wildman–Crippen MR) is 79.5 cm³/mol. The third kappa shape index (κ3) is 3.23. The lowest BCUT2D eigenvalue weighted by Gasteiger charge is -2.18. The van der Waals surface area contributed by atoms with Crippen LogP contribution >= 0.6 is 34.2 Å². The van der Waals surface area contributed by atoms with Crippen molar-refractivity contribution in [2.75, 3.05) is 5.75 Å². The lowest BCUT2D eigenvalue weighted by molar-refractivity contribution is -0.384. The zero-order chi connectivity index (χ0) is 14.8. The second-order valence-corrected chi connectivity index (χ2v) is 9.75. The van der Waals surface area contributed by atoms with Crippen molar-refractivity contribution in [3.05, 3.63) is 39.9 Å². The molecule has 6 nitrogen and oxygen atoms in total. The molecule has 0 saturated heterocycles. The summed E-state index contributed by atoms with van der Waals surface area (Å²) in [5.74, 6) is -1.09. The van der Waals surface area contributed by atoms with Gasteiger partial charge in [-0.2, -0.15) is 0 Å². The van der Waals surface area contributed by atoms with E-state index in [0.29, 0.717) is 0 Å². The highest BCUT2D eigenvalue weighted by molar-refractivity contribution is 14.1. The molecule has 0 saturated carbocycles. The van der Waals surface area contributed by atoms with Gasteiger partial charge in [0.15, 0.2) is 9.84 Å². The van der Waals surface area contributed by atoms with E-state index >= 15 is 0 Å². The smallest absolute Gasteiger partial charge is 0.269 e. The fourth-order valence-electron chi connectivity index (χ4n) is 1.23. The highest BCUT2D eigenvalue weighted by Crippen LogP contribution is 2.35. The van der Waals surface area contributed by atoms with Crippen molar-refractivity contribution in [1.29, 1.82) is 0 Å². The number of rotatable bonds is 5. The topological polar surface area (TPSA) is 94.3 Å². The third-order valence-corrected chi connectivity index (χ3v) is 7.48. The first-order valence-corrected chi connectivity index (χ1v) is 8.13. The van der Waals surface area contributed by atoms with E-state index in [0.717, 1.165) is 12.1 Å². The predicted octanol–water partition coefficient (Wildman–Crippen LogP) is 2.54. The molecular weight excluding hydrogens is 409 g/mol. The molecule has 0 aliphatic heterocycles. The number of benzene rings is 1. The molecule has 1 rings (SSSR count). The number of sulfone groups is 1. The van der Waals surface area contributed by atoms with Crippen molar-refractivity contribution in [1.82, 2.24) is 0 Å². The first-order valence-electron chi connectivity index (χ1n) is 5.03. The van der Waals surface area contributed by atoms with Gasteiger partial charge in [-0.25, -0.2) is 8.42 Å². The molecule has 0 aliphatic rings. The van der Waals surface area contributed by atoms with Gasteiger partial charge in [0.1, 0.15) is 0 Å². The molecule has 1 aromatic rings. The van der Waals surface area contributed by atoms with Crippen molar-refractivity contribution < 1.29 is 18.1 Å². The van der Waals surface area contributed by atoms with Gasteiger partial charge in [-0.15, -0.1) is 0 Å². The molecule has 0 radical (unpaired) electrons. The Kier molecular flexibility index (Phi) is 4.91. The van der Waals surface area contributed by atoms with Crippen LogP contribution in [0.2, 0.25) is 0 Å². The van der Waals surface area contributed by atoms with E-state index in [1.165, 1.54) is 41.6 Å². The Hall–Kier alpha value is -0.740. The van der Waals surface area contributed by atoms with Gasteiger partial charge in [-0.05, 0) is 34.7 Å². The summed E-state index contributed by atoms with van der Waals surface area (Å²) < 4.78 is 21.4. The average Bonchev–Trinajstić information content (AvgIpc) is 2.37. The number of alkyl halides is 2. The van der Waals surface area contributed by atoms with E-state index in [1.54, 1.807) is 0 Å². The second kappa shape index (κ2) is 5.71. The number of halogens is 2. The van der Waals surface area contributed by atoms with E-state index in [4.69, 9.17) is 11.6 Å². The van der Waals surface area contributed by atoms with Crippen LogP contribution in [0.1, 0.15) is 17.3 Å². The van der Waals surface area contributed by atoms with Crippen LogP contribution in [0.5, 0.6) is 0 Å². The van der Waals surface area contributed by atoms with Gasteiger partial charge in [0.25, 0.3) is 7.90 Å². The Labute approximate surface area is 128 Å². The van der Waals surface area contributed by atoms with Crippen LogP contribution in [0.4, 0.5) is 5.69 Å². The van der Waals surface area contributed by atoms with Crippen LogP contribution < -0.4 is 0 Å². The molecule has 0 fully saturated rings. The summed E-state index contributed by atoms with van der Waals surface area (Å²) in [6, 6.07) is 4.60. The standard InChI is InChI=1S/C10H9ClINO5S/c1-2-19(17,18)10(11,12)9(14)7-3-5-8(6-4-7)13(15)16/h3-6H,2H2,1H3/t10-/m0/s1. The van der Waals surface area contributed by atoms with Gasteiger partial charge in [0, 0.05) is 17.7 Å². The Morgan fingerprint density at radius 2 is 1.89 bits per heavy atom. The summed E-state index contributed by atoms with van der Waals surface area (Å²) in [7, 11) is -3.80. The molecule has 0 heterocycles. The molecule has 104 valence electrons. The first-order chi connectivity index (χ1) is 8.63. The number of nitro groups is 1. The monoisotopic (exact) mass is 417 g/mol.